The van der Waals surface area contributed by atoms with Crippen molar-refractivity contribution in [3.63, 3.8) is 0 Å². The van der Waals surface area contributed by atoms with E-state index in [1.54, 1.807) is 0 Å². The van der Waals surface area contributed by atoms with E-state index < -0.39 is 0 Å². The molecule has 0 spiro atoms. The zero-order valence-electron chi connectivity index (χ0n) is 7.66. The third-order valence-electron chi connectivity index (χ3n) is 2.88. The van der Waals surface area contributed by atoms with Crippen LogP contribution in [0, 0.1) is 5.92 Å². The molecule has 0 saturated heterocycles. The topological polar surface area (TPSA) is 41.5 Å². The van der Waals surface area contributed by atoms with Crippen molar-refractivity contribution in [2.75, 3.05) is 0 Å². The summed E-state index contributed by atoms with van der Waals surface area (Å²) in [7, 11) is 0. The van der Waals surface area contributed by atoms with Crippen molar-refractivity contribution in [3.8, 4) is 0 Å². The summed E-state index contributed by atoms with van der Waals surface area (Å²) in [6, 6.07) is 8.23. The van der Waals surface area contributed by atoms with Crippen LogP contribution in [0.15, 0.2) is 29.4 Å². The monoisotopic (exact) mass is 186 g/mol. The second-order valence-electron chi connectivity index (χ2n) is 3.79. The molecule has 2 aliphatic rings. The van der Waals surface area contributed by atoms with Gasteiger partial charge in [-0.3, -0.25) is 4.79 Å². The Hall–Kier alpha value is -1.64. The van der Waals surface area contributed by atoms with Crippen LogP contribution in [0.5, 0.6) is 0 Å². The number of amides is 1. The minimum absolute atomic E-state index is 0.0338. The lowest BCUT2D eigenvalue weighted by Crippen LogP contribution is -2.31. The van der Waals surface area contributed by atoms with E-state index in [1.165, 1.54) is 11.1 Å². The van der Waals surface area contributed by atoms with Crippen LogP contribution in [0.1, 0.15) is 17.5 Å². The van der Waals surface area contributed by atoms with Gasteiger partial charge in [-0.25, -0.2) is 5.43 Å². The molecule has 1 amide bonds. The Bertz CT molecular complexity index is 437. The van der Waals surface area contributed by atoms with Crippen LogP contribution in [0.4, 0.5) is 0 Å². The summed E-state index contributed by atoms with van der Waals surface area (Å²) in [6.07, 6.45) is 1.54. The van der Waals surface area contributed by atoms with Crippen LogP contribution in [0.3, 0.4) is 0 Å². The van der Waals surface area contributed by atoms with Crippen LogP contribution in [-0.2, 0) is 11.2 Å². The van der Waals surface area contributed by atoms with Gasteiger partial charge in [-0.05, 0) is 12.0 Å². The van der Waals surface area contributed by atoms with Crippen LogP contribution >= 0.6 is 0 Å². The fourth-order valence-electron chi connectivity index (χ4n) is 2.24. The number of fused-ring (bicyclic) bond motifs is 3. The van der Waals surface area contributed by atoms with Crippen LogP contribution in [-0.4, -0.2) is 11.6 Å². The predicted molar refractivity (Wildman–Crippen MR) is 52.9 cm³/mol. The molecular formula is C11H10N2O. The number of benzene rings is 1. The molecule has 1 aliphatic heterocycles. The number of carbonyl (C=O) groups excluding carboxylic acids is 1. The number of nitrogens with zero attached hydrogens (tertiary/aromatic N) is 1. The highest BCUT2D eigenvalue weighted by molar-refractivity contribution is 6.09. The van der Waals surface area contributed by atoms with Gasteiger partial charge < -0.3 is 0 Å². The van der Waals surface area contributed by atoms with Gasteiger partial charge in [0, 0.05) is 17.9 Å². The molecule has 3 heteroatoms. The summed E-state index contributed by atoms with van der Waals surface area (Å²) in [5, 5.41) is 4.13. The van der Waals surface area contributed by atoms with Crippen molar-refractivity contribution in [1.82, 2.24) is 5.43 Å². The summed E-state index contributed by atoms with van der Waals surface area (Å²) in [5.74, 6) is 0.340. The van der Waals surface area contributed by atoms with Gasteiger partial charge in [0.25, 0.3) is 0 Å². The van der Waals surface area contributed by atoms with E-state index in [-0.39, 0.29) is 5.91 Å². The molecular weight excluding hydrogens is 176 g/mol. The maximum Gasteiger partial charge on any atom is 0.240 e. The lowest BCUT2D eigenvalue weighted by molar-refractivity contribution is -0.121. The van der Waals surface area contributed by atoms with E-state index in [9.17, 15) is 4.79 Å². The number of rotatable bonds is 0. The van der Waals surface area contributed by atoms with E-state index in [1.807, 2.05) is 12.1 Å². The van der Waals surface area contributed by atoms with Crippen molar-refractivity contribution >= 4 is 11.6 Å². The maximum atomic E-state index is 11.1. The van der Waals surface area contributed by atoms with Gasteiger partial charge in [-0.15, -0.1) is 0 Å². The molecule has 14 heavy (non-hydrogen) atoms. The molecule has 1 heterocycles. The average Bonchev–Trinajstić information content (AvgIpc) is 2.54. The molecule has 3 rings (SSSR count). The summed E-state index contributed by atoms with van der Waals surface area (Å²) >= 11 is 0. The first kappa shape index (κ1) is 7.74. The Morgan fingerprint density at radius 2 is 2.14 bits per heavy atom. The lowest BCUT2D eigenvalue weighted by Gasteiger charge is -2.15. The van der Waals surface area contributed by atoms with Crippen molar-refractivity contribution in [1.29, 1.82) is 0 Å². The molecule has 1 N–H and O–H groups in total. The average molecular weight is 186 g/mol. The number of carbonyl (C=O) groups is 1. The molecule has 70 valence electrons. The van der Waals surface area contributed by atoms with Gasteiger partial charge >= 0.3 is 0 Å². The van der Waals surface area contributed by atoms with Crippen molar-refractivity contribution in [2.24, 2.45) is 11.0 Å². The van der Waals surface area contributed by atoms with E-state index in [2.05, 4.69) is 22.7 Å². The second-order valence-corrected chi connectivity index (χ2v) is 3.79. The Morgan fingerprint density at radius 1 is 1.29 bits per heavy atom. The third-order valence-corrected chi connectivity index (χ3v) is 2.88. The molecule has 1 aromatic rings. The van der Waals surface area contributed by atoms with Crippen LogP contribution in [0.2, 0.25) is 0 Å². The SMILES string of the molecule is O=C1C[C@@H]2Cc3ccccc3C2=NN1. The van der Waals surface area contributed by atoms with Gasteiger partial charge in [0.2, 0.25) is 5.91 Å². The summed E-state index contributed by atoms with van der Waals surface area (Å²) in [6.45, 7) is 0. The quantitative estimate of drug-likeness (QED) is 0.647. The maximum absolute atomic E-state index is 11.1. The van der Waals surface area contributed by atoms with Crippen molar-refractivity contribution in [3.05, 3.63) is 35.4 Å². The highest BCUT2D eigenvalue weighted by atomic mass is 16.2. The van der Waals surface area contributed by atoms with Gasteiger partial charge in [0.15, 0.2) is 0 Å². The summed E-state index contributed by atoms with van der Waals surface area (Å²) < 4.78 is 0. The van der Waals surface area contributed by atoms with E-state index in [0.29, 0.717) is 12.3 Å². The van der Waals surface area contributed by atoms with Gasteiger partial charge in [0.05, 0.1) is 5.71 Å². The largest absolute Gasteiger partial charge is 0.273 e. The highest BCUT2D eigenvalue weighted by Crippen LogP contribution is 2.30. The number of hydrogen-bond donors (Lipinski definition) is 1. The Balaban J connectivity index is 2.10. The lowest BCUT2D eigenvalue weighted by atomic mass is 9.99. The first-order valence-electron chi connectivity index (χ1n) is 4.79. The Morgan fingerprint density at radius 3 is 3.07 bits per heavy atom. The Labute approximate surface area is 81.8 Å². The zero-order chi connectivity index (χ0) is 9.54. The van der Waals surface area contributed by atoms with E-state index >= 15 is 0 Å². The third kappa shape index (κ3) is 0.985. The molecule has 1 aliphatic carbocycles. The van der Waals surface area contributed by atoms with E-state index in [0.717, 1.165) is 12.1 Å². The summed E-state index contributed by atoms with van der Waals surface area (Å²) in [5.41, 5.74) is 6.12. The van der Waals surface area contributed by atoms with Crippen LogP contribution < -0.4 is 5.43 Å². The fourth-order valence-corrected chi connectivity index (χ4v) is 2.24. The number of hydrogen-bond acceptors (Lipinski definition) is 2. The number of nitrogens with one attached hydrogen (secondary N) is 1. The van der Waals surface area contributed by atoms with Crippen LogP contribution in [0.25, 0.3) is 0 Å². The molecule has 0 fully saturated rings. The molecule has 0 aromatic heterocycles. The van der Waals surface area contributed by atoms with E-state index in [4.69, 9.17) is 0 Å². The minimum atomic E-state index is 0.0338. The molecule has 1 atom stereocenters. The fraction of sp³-hybridized carbons (Fsp3) is 0.273. The molecule has 0 radical (unpaired) electrons. The Kier molecular flexibility index (Phi) is 1.48. The molecule has 0 saturated carbocycles. The van der Waals surface area contributed by atoms with Crippen molar-refractivity contribution in [2.45, 2.75) is 12.8 Å². The number of hydrazone groups is 1. The standard InChI is InChI=1S/C11H10N2O/c14-10-6-8-5-7-3-1-2-4-9(7)11(8)13-12-10/h1-4,8H,5-6H2,(H,12,14)/t8-/m0/s1. The summed E-state index contributed by atoms with van der Waals surface area (Å²) in [4.78, 5) is 11.1. The molecule has 1 aromatic carbocycles. The highest BCUT2D eigenvalue weighted by Gasteiger charge is 2.32. The molecule has 0 unspecified atom stereocenters. The first-order valence-corrected chi connectivity index (χ1v) is 4.79. The molecule has 3 nitrogen and oxygen atoms in total. The smallest absolute Gasteiger partial charge is 0.240 e. The van der Waals surface area contributed by atoms with Gasteiger partial charge in [0.1, 0.15) is 0 Å². The molecule has 0 bridgehead atoms. The predicted octanol–water partition coefficient (Wildman–Crippen LogP) is 1.08. The first-order chi connectivity index (χ1) is 6.84. The zero-order valence-corrected chi connectivity index (χ0v) is 7.66. The van der Waals surface area contributed by atoms with Crippen molar-refractivity contribution < 1.29 is 4.79 Å². The second kappa shape index (κ2) is 2.67. The van der Waals surface area contributed by atoms with Gasteiger partial charge in [-0.2, -0.15) is 5.10 Å². The normalized spacial score (nSPS) is 23.6. The minimum Gasteiger partial charge on any atom is -0.273 e. The van der Waals surface area contributed by atoms with Gasteiger partial charge in [-0.1, -0.05) is 24.3 Å².